The van der Waals surface area contributed by atoms with Crippen LogP contribution < -0.4 is 4.74 Å². The molecule has 0 aliphatic heterocycles. The molecule has 0 saturated carbocycles. The Morgan fingerprint density at radius 1 is 1.16 bits per heavy atom. The Bertz CT molecular complexity index is 578. The van der Waals surface area contributed by atoms with Crippen molar-refractivity contribution in [2.75, 3.05) is 6.61 Å². The second kappa shape index (κ2) is 6.14. The van der Waals surface area contributed by atoms with Gasteiger partial charge in [-0.05, 0) is 30.7 Å². The first kappa shape index (κ1) is 13.3. The first-order valence-electron chi connectivity index (χ1n) is 6.20. The van der Waals surface area contributed by atoms with E-state index in [2.05, 4.69) is 0 Å². The molecule has 0 amide bonds. The van der Waals surface area contributed by atoms with E-state index in [1.807, 2.05) is 6.92 Å². The minimum absolute atomic E-state index is 0.0578. The lowest BCUT2D eigenvalue weighted by molar-refractivity contribution is 0.0991. The maximum Gasteiger partial charge on any atom is 0.167 e. The third kappa shape index (κ3) is 3.41. The van der Waals surface area contributed by atoms with Gasteiger partial charge in [0.05, 0.1) is 6.61 Å². The molecular formula is C16H15FO2. The van der Waals surface area contributed by atoms with E-state index in [1.165, 1.54) is 6.07 Å². The SMILES string of the molecule is CCOc1cccc(C(=O)Cc2ccccc2F)c1. The van der Waals surface area contributed by atoms with Crippen molar-refractivity contribution in [3.8, 4) is 5.75 Å². The molecule has 3 heteroatoms. The summed E-state index contributed by atoms with van der Waals surface area (Å²) in [6, 6.07) is 13.3. The number of ether oxygens (including phenoxy) is 1. The molecular weight excluding hydrogens is 243 g/mol. The van der Waals surface area contributed by atoms with Gasteiger partial charge in [-0.25, -0.2) is 4.39 Å². The maximum atomic E-state index is 13.5. The van der Waals surface area contributed by atoms with Crippen molar-refractivity contribution in [1.82, 2.24) is 0 Å². The highest BCUT2D eigenvalue weighted by Gasteiger charge is 2.10. The summed E-state index contributed by atoms with van der Waals surface area (Å²) in [5.41, 5.74) is 0.948. The fourth-order valence-electron chi connectivity index (χ4n) is 1.84. The van der Waals surface area contributed by atoms with E-state index < -0.39 is 0 Å². The van der Waals surface area contributed by atoms with Gasteiger partial charge in [-0.15, -0.1) is 0 Å². The second-order valence-corrected chi connectivity index (χ2v) is 4.15. The predicted octanol–water partition coefficient (Wildman–Crippen LogP) is 3.65. The number of halogens is 1. The molecule has 0 fully saturated rings. The molecule has 0 saturated heterocycles. The third-order valence-electron chi connectivity index (χ3n) is 2.78. The zero-order valence-electron chi connectivity index (χ0n) is 10.7. The average Bonchev–Trinajstić information content (AvgIpc) is 2.42. The van der Waals surface area contributed by atoms with E-state index in [1.54, 1.807) is 42.5 Å². The van der Waals surface area contributed by atoms with Crippen LogP contribution in [0.15, 0.2) is 48.5 Å². The molecule has 98 valence electrons. The lowest BCUT2D eigenvalue weighted by atomic mass is 10.0. The Kier molecular flexibility index (Phi) is 4.29. The van der Waals surface area contributed by atoms with Gasteiger partial charge >= 0.3 is 0 Å². The number of hydrogen-bond acceptors (Lipinski definition) is 2. The van der Waals surface area contributed by atoms with Gasteiger partial charge < -0.3 is 4.74 Å². The average molecular weight is 258 g/mol. The Balaban J connectivity index is 2.16. The Labute approximate surface area is 111 Å². The minimum Gasteiger partial charge on any atom is -0.494 e. The fourth-order valence-corrected chi connectivity index (χ4v) is 1.84. The van der Waals surface area contributed by atoms with Gasteiger partial charge in [-0.1, -0.05) is 30.3 Å². The Morgan fingerprint density at radius 3 is 2.68 bits per heavy atom. The molecule has 19 heavy (non-hydrogen) atoms. The van der Waals surface area contributed by atoms with Crippen LogP contribution in [0.1, 0.15) is 22.8 Å². The summed E-state index contributed by atoms with van der Waals surface area (Å²) in [6.07, 6.45) is 0.0578. The molecule has 0 atom stereocenters. The van der Waals surface area contributed by atoms with Crippen LogP contribution in [-0.2, 0) is 6.42 Å². The molecule has 0 unspecified atom stereocenters. The summed E-state index contributed by atoms with van der Waals surface area (Å²) in [7, 11) is 0. The molecule has 2 aromatic rings. The lowest BCUT2D eigenvalue weighted by Crippen LogP contribution is -2.05. The van der Waals surface area contributed by atoms with Crippen molar-refractivity contribution in [2.45, 2.75) is 13.3 Å². The first-order chi connectivity index (χ1) is 9.20. The first-order valence-corrected chi connectivity index (χ1v) is 6.20. The van der Waals surface area contributed by atoms with E-state index in [9.17, 15) is 9.18 Å². The molecule has 0 N–H and O–H groups in total. The van der Waals surface area contributed by atoms with Crippen molar-refractivity contribution < 1.29 is 13.9 Å². The Morgan fingerprint density at radius 2 is 1.95 bits per heavy atom. The molecule has 0 aliphatic carbocycles. The number of ketones is 1. The lowest BCUT2D eigenvalue weighted by Gasteiger charge is -2.06. The highest BCUT2D eigenvalue weighted by molar-refractivity contribution is 5.97. The van der Waals surface area contributed by atoms with Crippen molar-refractivity contribution in [3.63, 3.8) is 0 Å². The molecule has 0 radical (unpaired) electrons. The van der Waals surface area contributed by atoms with E-state index in [0.29, 0.717) is 23.5 Å². The number of carbonyl (C=O) groups excluding carboxylic acids is 1. The van der Waals surface area contributed by atoms with Crippen LogP contribution >= 0.6 is 0 Å². The van der Waals surface area contributed by atoms with Crippen LogP contribution in [0.2, 0.25) is 0 Å². The van der Waals surface area contributed by atoms with Crippen LogP contribution in [0.5, 0.6) is 5.75 Å². The van der Waals surface area contributed by atoms with Gasteiger partial charge in [-0.2, -0.15) is 0 Å². The highest BCUT2D eigenvalue weighted by atomic mass is 19.1. The van der Waals surface area contributed by atoms with Gasteiger partial charge in [0.1, 0.15) is 11.6 Å². The molecule has 0 aromatic heterocycles. The number of Topliss-reactive ketones (excluding diaryl/α,β-unsaturated/α-hetero) is 1. The minimum atomic E-state index is -0.350. The monoisotopic (exact) mass is 258 g/mol. The summed E-state index contributed by atoms with van der Waals surface area (Å²) in [6.45, 7) is 2.43. The fraction of sp³-hybridized carbons (Fsp3) is 0.188. The second-order valence-electron chi connectivity index (χ2n) is 4.15. The molecule has 0 bridgehead atoms. The van der Waals surface area contributed by atoms with Crippen molar-refractivity contribution >= 4 is 5.78 Å². The number of rotatable bonds is 5. The maximum absolute atomic E-state index is 13.5. The molecule has 0 heterocycles. The van der Waals surface area contributed by atoms with Crippen molar-refractivity contribution in [1.29, 1.82) is 0 Å². The third-order valence-corrected chi connectivity index (χ3v) is 2.78. The standard InChI is InChI=1S/C16H15FO2/c1-2-19-14-8-5-7-13(10-14)16(18)11-12-6-3-4-9-15(12)17/h3-10H,2,11H2,1H3. The summed E-state index contributed by atoms with van der Waals surface area (Å²) in [5.74, 6) is 0.186. The topological polar surface area (TPSA) is 26.3 Å². The molecule has 0 spiro atoms. The summed E-state index contributed by atoms with van der Waals surface area (Å²) < 4.78 is 18.8. The Hall–Kier alpha value is -2.16. The van der Waals surface area contributed by atoms with E-state index in [-0.39, 0.29) is 18.0 Å². The quantitative estimate of drug-likeness (QED) is 0.765. The molecule has 2 rings (SSSR count). The van der Waals surface area contributed by atoms with Gasteiger partial charge in [-0.3, -0.25) is 4.79 Å². The van der Waals surface area contributed by atoms with Crippen LogP contribution in [0, 0.1) is 5.82 Å². The summed E-state index contributed by atoms with van der Waals surface area (Å²) in [5, 5.41) is 0. The summed E-state index contributed by atoms with van der Waals surface area (Å²) >= 11 is 0. The van der Waals surface area contributed by atoms with Gasteiger partial charge in [0.2, 0.25) is 0 Å². The van der Waals surface area contributed by atoms with Crippen LogP contribution in [0.3, 0.4) is 0 Å². The zero-order valence-corrected chi connectivity index (χ0v) is 10.7. The van der Waals surface area contributed by atoms with E-state index >= 15 is 0 Å². The van der Waals surface area contributed by atoms with Gasteiger partial charge in [0.25, 0.3) is 0 Å². The molecule has 2 nitrogen and oxygen atoms in total. The summed E-state index contributed by atoms with van der Waals surface area (Å²) in [4.78, 5) is 12.1. The number of hydrogen-bond donors (Lipinski definition) is 0. The van der Waals surface area contributed by atoms with E-state index in [4.69, 9.17) is 4.74 Å². The largest absolute Gasteiger partial charge is 0.494 e. The molecule has 2 aromatic carbocycles. The number of carbonyl (C=O) groups is 1. The van der Waals surface area contributed by atoms with Crippen LogP contribution in [0.4, 0.5) is 4.39 Å². The highest BCUT2D eigenvalue weighted by Crippen LogP contribution is 2.16. The van der Waals surface area contributed by atoms with Crippen molar-refractivity contribution in [3.05, 3.63) is 65.5 Å². The smallest absolute Gasteiger partial charge is 0.167 e. The van der Waals surface area contributed by atoms with Gasteiger partial charge in [0, 0.05) is 12.0 Å². The number of benzene rings is 2. The zero-order chi connectivity index (χ0) is 13.7. The van der Waals surface area contributed by atoms with E-state index in [0.717, 1.165) is 0 Å². The van der Waals surface area contributed by atoms with Crippen LogP contribution in [-0.4, -0.2) is 12.4 Å². The van der Waals surface area contributed by atoms with Crippen molar-refractivity contribution in [2.24, 2.45) is 0 Å². The predicted molar refractivity (Wildman–Crippen MR) is 72.0 cm³/mol. The normalized spacial score (nSPS) is 10.2. The van der Waals surface area contributed by atoms with Gasteiger partial charge in [0.15, 0.2) is 5.78 Å². The van der Waals surface area contributed by atoms with Crippen LogP contribution in [0.25, 0.3) is 0 Å². The molecule has 0 aliphatic rings.